The Morgan fingerprint density at radius 3 is 2.82 bits per heavy atom. The molecular formula is C17H27N3O2. The summed E-state index contributed by atoms with van der Waals surface area (Å²) in [6.07, 6.45) is 2.50. The molecule has 0 radical (unpaired) electrons. The molecule has 22 heavy (non-hydrogen) atoms. The van der Waals surface area contributed by atoms with Crippen LogP contribution in [-0.4, -0.2) is 43.7 Å². The zero-order valence-electron chi connectivity index (χ0n) is 13.8. The van der Waals surface area contributed by atoms with Gasteiger partial charge in [0, 0.05) is 24.3 Å². The zero-order chi connectivity index (χ0) is 15.9. The Hall–Kier alpha value is -1.75. The second-order valence-corrected chi connectivity index (χ2v) is 6.13. The van der Waals surface area contributed by atoms with Crippen molar-refractivity contribution in [2.24, 2.45) is 5.92 Å². The number of carbonyl (C=O) groups excluding carboxylic acids is 1. The Morgan fingerprint density at radius 2 is 2.14 bits per heavy atom. The summed E-state index contributed by atoms with van der Waals surface area (Å²) in [7, 11) is 1.61. The maximum atomic E-state index is 12.0. The molecule has 1 heterocycles. The second-order valence-electron chi connectivity index (χ2n) is 6.13. The summed E-state index contributed by atoms with van der Waals surface area (Å²) >= 11 is 0. The number of hydrogen-bond donors (Lipinski definition) is 2. The van der Waals surface area contributed by atoms with Crippen LogP contribution >= 0.6 is 0 Å². The van der Waals surface area contributed by atoms with Gasteiger partial charge in [-0.3, -0.25) is 4.90 Å². The van der Waals surface area contributed by atoms with Crippen molar-refractivity contribution in [2.45, 2.75) is 32.7 Å². The van der Waals surface area contributed by atoms with Gasteiger partial charge < -0.3 is 15.4 Å². The lowest BCUT2D eigenvalue weighted by atomic mass is 9.98. The highest BCUT2D eigenvalue weighted by molar-refractivity contribution is 5.89. The van der Waals surface area contributed by atoms with Gasteiger partial charge in [-0.05, 0) is 50.9 Å². The van der Waals surface area contributed by atoms with Gasteiger partial charge in [-0.2, -0.15) is 0 Å². The molecule has 122 valence electrons. The average molecular weight is 305 g/mol. The minimum absolute atomic E-state index is 0.175. The van der Waals surface area contributed by atoms with Crippen molar-refractivity contribution in [2.75, 3.05) is 32.1 Å². The van der Waals surface area contributed by atoms with E-state index in [1.165, 1.54) is 12.8 Å². The fourth-order valence-corrected chi connectivity index (χ4v) is 2.71. The van der Waals surface area contributed by atoms with E-state index in [0.717, 1.165) is 30.4 Å². The largest absolute Gasteiger partial charge is 0.497 e. The van der Waals surface area contributed by atoms with Crippen molar-refractivity contribution < 1.29 is 9.53 Å². The van der Waals surface area contributed by atoms with Crippen LogP contribution in [0, 0.1) is 5.92 Å². The van der Waals surface area contributed by atoms with Crippen LogP contribution in [-0.2, 0) is 0 Å². The van der Waals surface area contributed by atoms with Crippen LogP contribution in [0.4, 0.5) is 10.5 Å². The van der Waals surface area contributed by atoms with E-state index in [2.05, 4.69) is 29.4 Å². The topological polar surface area (TPSA) is 53.6 Å². The van der Waals surface area contributed by atoms with Crippen molar-refractivity contribution in [3.05, 3.63) is 24.3 Å². The fraction of sp³-hybridized carbons (Fsp3) is 0.588. The Kier molecular flexibility index (Phi) is 6.07. The number of ether oxygens (including phenoxy) is 1. The van der Waals surface area contributed by atoms with Crippen molar-refractivity contribution >= 4 is 11.7 Å². The molecule has 1 unspecified atom stereocenters. The molecule has 1 fully saturated rings. The fourth-order valence-electron chi connectivity index (χ4n) is 2.71. The molecule has 1 atom stereocenters. The summed E-state index contributed by atoms with van der Waals surface area (Å²) < 4.78 is 5.14. The summed E-state index contributed by atoms with van der Waals surface area (Å²) in [6, 6.07) is 7.54. The number of rotatable bonds is 5. The first-order valence-electron chi connectivity index (χ1n) is 8.01. The number of urea groups is 1. The molecule has 2 rings (SSSR count). The minimum atomic E-state index is -0.175. The molecule has 0 saturated carbocycles. The van der Waals surface area contributed by atoms with Gasteiger partial charge >= 0.3 is 6.03 Å². The lowest BCUT2D eigenvalue weighted by molar-refractivity contribution is 0.146. The predicted octanol–water partition coefficient (Wildman–Crippen LogP) is 2.94. The van der Waals surface area contributed by atoms with Crippen molar-refractivity contribution in [3.8, 4) is 5.75 Å². The molecule has 1 saturated heterocycles. The van der Waals surface area contributed by atoms with Crippen LogP contribution in [0.15, 0.2) is 24.3 Å². The molecule has 2 N–H and O–H groups in total. The van der Waals surface area contributed by atoms with E-state index in [1.807, 2.05) is 18.2 Å². The number of methoxy groups -OCH3 is 1. The molecule has 5 nitrogen and oxygen atoms in total. The Bertz CT molecular complexity index is 485. The first kappa shape index (κ1) is 16.6. The van der Waals surface area contributed by atoms with E-state index >= 15 is 0 Å². The highest BCUT2D eigenvalue weighted by Crippen LogP contribution is 2.18. The van der Waals surface area contributed by atoms with Crippen LogP contribution in [0.3, 0.4) is 0 Å². The third kappa shape index (κ3) is 4.91. The van der Waals surface area contributed by atoms with Crippen LogP contribution in [0.1, 0.15) is 26.7 Å². The van der Waals surface area contributed by atoms with E-state index in [1.54, 1.807) is 13.2 Å². The number of hydrogen-bond acceptors (Lipinski definition) is 3. The average Bonchev–Trinajstić information content (AvgIpc) is 2.53. The zero-order valence-corrected chi connectivity index (χ0v) is 13.8. The van der Waals surface area contributed by atoms with Gasteiger partial charge in [-0.1, -0.05) is 13.0 Å². The van der Waals surface area contributed by atoms with E-state index in [9.17, 15) is 4.79 Å². The first-order valence-corrected chi connectivity index (χ1v) is 8.01. The highest BCUT2D eigenvalue weighted by Gasteiger charge is 2.20. The molecule has 1 aromatic rings. The van der Waals surface area contributed by atoms with Crippen molar-refractivity contribution in [1.82, 2.24) is 10.2 Å². The third-order valence-corrected chi connectivity index (χ3v) is 4.33. The number of piperidine rings is 1. The predicted molar refractivity (Wildman–Crippen MR) is 89.4 cm³/mol. The molecule has 1 aliphatic heterocycles. The molecule has 1 aliphatic rings. The summed E-state index contributed by atoms with van der Waals surface area (Å²) in [5.41, 5.74) is 0.733. The minimum Gasteiger partial charge on any atom is -0.497 e. The van der Waals surface area contributed by atoms with Crippen LogP contribution in [0.2, 0.25) is 0 Å². The number of carbonyl (C=O) groups is 1. The van der Waals surface area contributed by atoms with Crippen molar-refractivity contribution in [1.29, 1.82) is 0 Å². The van der Waals surface area contributed by atoms with Gasteiger partial charge in [0.1, 0.15) is 5.75 Å². The number of anilines is 1. The Labute approximate surface area is 133 Å². The van der Waals surface area contributed by atoms with Crippen LogP contribution in [0.5, 0.6) is 5.75 Å². The molecule has 2 amide bonds. The summed E-state index contributed by atoms with van der Waals surface area (Å²) in [5.74, 6) is 1.56. The summed E-state index contributed by atoms with van der Waals surface area (Å²) in [5, 5.41) is 5.78. The van der Waals surface area contributed by atoms with Crippen LogP contribution in [0.25, 0.3) is 0 Å². The number of likely N-dealkylation sites (tertiary alicyclic amines) is 1. The molecule has 0 aromatic heterocycles. The van der Waals surface area contributed by atoms with Gasteiger partial charge in [-0.25, -0.2) is 4.79 Å². The number of nitrogens with one attached hydrogen (secondary N) is 2. The quantitative estimate of drug-likeness (QED) is 0.879. The Balaban J connectivity index is 1.75. The number of nitrogens with zero attached hydrogens (tertiary/aromatic N) is 1. The third-order valence-electron chi connectivity index (χ3n) is 4.33. The lowest BCUT2D eigenvalue weighted by Gasteiger charge is -2.34. The lowest BCUT2D eigenvalue weighted by Crippen LogP contribution is -2.46. The van der Waals surface area contributed by atoms with E-state index < -0.39 is 0 Å². The Morgan fingerprint density at radius 1 is 1.41 bits per heavy atom. The van der Waals surface area contributed by atoms with Gasteiger partial charge in [-0.15, -0.1) is 0 Å². The maximum Gasteiger partial charge on any atom is 0.319 e. The number of benzene rings is 1. The van der Waals surface area contributed by atoms with Crippen molar-refractivity contribution in [3.63, 3.8) is 0 Å². The highest BCUT2D eigenvalue weighted by atomic mass is 16.5. The normalized spacial score (nSPS) is 17.8. The van der Waals surface area contributed by atoms with Gasteiger partial charge in [0.05, 0.1) is 7.11 Å². The molecule has 0 spiro atoms. The van der Waals surface area contributed by atoms with Gasteiger partial charge in [0.25, 0.3) is 0 Å². The first-order chi connectivity index (χ1) is 10.6. The molecule has 1 aromatic carbocycles. The summed E-state index contributed by atoms with van der Waals surface area (Å²) in [4.78, 5) is 14.4. The monoisotopic (exact) mass is 305 g/mol. The smallest absolute Gasteiger partial charge is 0.319 e. The summed E-state index contributed by atoms with van der Waals surface area (Å²) in [6.45, 7) is 7.39. The van der Waals surface area contributed by atoms with E-state index in [-0.39, 0.29) is 6.03 Å². The van der Waals surface area contributed by atoms with E-state index in [4.69, 9.17) is 4.74 Å². The number of amides is 2. The second kappa shape index (κ2) is 8.03. The maximum absolute atomic E-state index is 12.0. The molecule has 0 aliphatic carbocycles. The SMILES string of the molecule is COc1cccc(NC(=O)NCC(C)N2CCC(C)CC2)c1. The molecular weight excluding hydrogens is 278 g/mol. The van der Waals surface area contributed by atoms with E-state index in [0.29, 0.717) is 12.6 Å². The standard InChI is InChI=1S/C17H27N3O2/c1-13-7-9-20(10-8-13)14(2)12-18-17(21)19-15-5-4-6-16(11-15)22-3/h4-6,11,13-14H,7-10,12H2,1-3H3,(H2,18,19,21). The van der Waals surface area contributed by atoms with Gasteiger partial charge in [0.2, 0.25) is 0 Å². The molecule has 5 heteroatoms. The van der Waals surface area contributed by atoms with Crippen LogP contribution < -0.4 is 15.4 Å². The molecule has 0 bridgehead atoms. The van der Waals surface area contributed by atoms with Gasteiger partial charge in [0.15, 0.2) is 0 Å².